The van der Waals surface area contributed by atoms with Crippen molar-refractivity contribution in [2.24, 2.45) is 0 Å². The number of anilines is 1. The number of benzene rings is 1. The van der Waals surface area contributed by atoms with Crippen LogP contribution in [0.2, 0.25) is 0 Å². The standard InChI is InChI=1S/C22H34N4O2/c1-25(22(28)23-14-13-21(27)24-19-7-3-4-8-19)17-18-9-11-20(12-10-18)26-15-5-2-6-16-26/h9-12,19H,2-8,13-17H2,1H3,(H,23,28)(H,24,27). The number of hydrogen-bond donors (Lipinski definition) is 2. The minimum atomic E-state index is -0.145. The first-order chi connectivity index (χ1) is 13.6. The van der Waals surface area contributed by atoms with Gasteiger partial charge >= 0.3 is 6.03 Å². The summed E-state index contributed by atoms with van der Waals surface area (Å²) in [5, 5.41) is 5.89. The number of rotatable bonds is 7. The van der Waals surface area contributed by atoms with Gasteiger partial charge in [0.2, 0.25) is 5.91 Å². The van der Waals surface area contributed by atoms with Crippen molar-refractivity contribution in [3.8, 4) is 0 Å². The predicted molar refractivity (Wildman–Crippen MR) is 112 cm³/mol. The summed E-state index contributed by atoms with van der Waals surface area (Å²) in [7, 11) is 1.78. The van der Waals surface area contributed by atoms with Crippen LogP contribution >= 0.6 is 0 Å². The molecule has 0 atom stereocenters. The molecule has 154 valence electrons. The average Bonchev–Trinajstić information content (AvgIpc) is 3.22. The Bertz CT molecular complexity index is 634. The molecule has 1 aromatic carbocycles. The summed E-state index contributed by atoms with van der Waals surface area (Å²) in [5.41, 5.74) is 2.38. The Kier molecular flexibility index (Phi) is 7.57. The number of nitrogens with one attached hydrogen (secondary N) is 2. The molecule has 1 aliphatic heterocycles. The van der Waals surface area contributed by atoms with Crippen LogP contribution in [0.1, 0.15) is 56.9 Å². The Morgan fingerprint density at radius 3 is 2.39 bits per heavy atom. The Morgan fingerprint density at radius 1 is 1.04 bits per heavy atom. The van der Waals surface area contributed by atoms with Crippen molar-refractivity contribution in [3.63, 3.8) is 0 Å². The highest BCUT2D eigenvalue weighted by atomic mass is 16.2. The Balaban J connectivity index is 1.36. The molecule has 0 spiro atoms. The molecule has 0 bridgehead atoms. The smallest absolute Gasteiger partial charge is 0.317 e. The topological polar surface area (TPSA) is 64.7 Å². The molecule has 6 heteroatoms. The van der Waals surface area contributed by atoms with E-state index in [1.54, 1.807) is 11.9 Å². The minimum absolute atomic E-state index is 0.0307. The van der Waals surface area contributed by atoms with E-state index in [9.17, 15) is 9.59 Å². The van der Waals surface area contributed by atoms with Crippen LogP contribution in [-0.2, 0) is 11.3 Å². The van der Waals surface area contributed by atoms with Gasteiger partial charge in [-0.2, -0.15) is 0 Å². The van der Waals surface area contributed by atoms with Crippen LogP contribution in [0.15, 0.2) is 24.3 Å². The van der Waals surface area contributed by atoms with E-state index < -0.39 is 0 Å². The molecule has 1 aliphatic carbocycles. The maximum Gasteiger partial charge on any atom is 0.317 e. The number of hydrogen-bond acceptors (Lipinski definition) is 3. The summed E-state index contributed by atoms with van der Waals surface area (Å²) in [6.07, 6.45) is 8.76. The normalized spacial score (nSPS) is 17.4. The zero-order chi connectivity index (χ0) is 19.8. The van der Waals surface area contributed by atoms with E-state index in [1.165, 1.54) is 37.8 Å². The van der Waals surface area contributed by atoms with Crippen LogP contribution in [0.4, 0.5) is 10.5 Å². The molecule has 1 saturated heterocycles. The van der Waals surface area contributed by atoms with E-state index in [0.717, 1.165) is 31.5 Å². The Hall–Kier alpha value is -2.24. The maximum absolute atomic E-state index is 12.3. The van der Waals surface area contributed by atoms with Crippen molar-refractivity contribution < 1.29 is 9.59 Å². The van der Waals surface area contributed by atoms with E-state index in [1.807, 2.05) is 0 Å². The molecule has 1 aromatic rings. The zero-order valence-corrected chi connectivity index (χ0v) is 17.1. The van der Waals surface area contributed by atoms with Crippen molar-refractivity contribution in [2.75, 3.05) is 31.6 Å². The molecular weight excluding hydrogens is 352 g/mol. The molecule has 28 heavy (non-hydrogen) atoms. The number of amides is 3. The summed E-state index contributed by atoms with van der Waals surface area (Å²) in [4.78, 5) is 28.3. The lowest BCUT2D eigenvalue weighted by molar-refractivity contribution is -0.121. The third kappa shape index (κ3) is 6.14. The van der Waals surface area contributed by atoms with Crippen LogP contribution in [0.5, 0.6) is 0 Å². The number of urea groups is 1. The van der Waals surface area contributed by atoms with Gasteiger partial charge in [-0.25, -0.2) is 4.79 Å². The number of carbonyl (C=O) groups excluding carboxylic acids is 2. The predicted octanol–water partition coefficient (Wildman–Crippen LogP) is 3.27. The second-order valence-corrected chi connectivity index (χ2v) is 8.10. The number of nitrogens with zero attached hydrogens (tertiary/aromatic N) is 2. The van der Waals surface area contributed by atoms with Gasteiger partial charge < -0.3 is 20.4 Å². The lowest BCUT2D eigenvalue weighted by atomic mass is 10.1. The fourth-order valence-electron chi connectivity index (χ4n) is 4.10. The van der Waals surface area contributed by atoms with Gasteiger partial charge in [0.15, 0.2) is 0 Å². The van der Waals surface area contributed by atoms with Gasteiger partial charge in [0.05, 0.1) is 0 Å². The fraction of sp³-hybridized carbons (Fsp3) is 0.636. The van der Waals surface area contributed by atoms with E-state index in [4.69, 9.17) is 0 Å². The number of piperidine rings is 1. The first kappa shape index (κ1) is 20.5. The molecule has 6 nitrogen and oxygen atoms in total. The maximum atomic E-state index is 12.3. The highest BCUT2D eigenvalue weighted by Crippen LogP contribution is 2.20. The van der Waals surface area contributed by atoms with Gasteiger partial charge in [-0.1, -0.05) is 25.0 Å². The third-order valence-corrected chi connectivity index (χ3v) is 5.77. The molecule has 0 unspecified atom stereocenters. The van der Waals surface area contributed by atoms with Crippen molar-refractivity contribution in [3.05, 3.63) is 29.8 Å². The second kappa shape index (κ2) is 10.3. The van der Waals surface area contributed by atoms with Gasteiger partial charge in [0, 0.05) is 51.4 Å². The zero-order valence-electron chi connectivity index (χ0n) is 17.1. The average molecular weight is 387 g/mol. The Morgan fingerprint density at radius 2 is 1.71 bits per heavy atom. The van der Waals surface area contributed by atoms with Crippen LogP contribution in [0.25, 0.3) is 0 Å². The summed E-state index contributed by atoms with van der Waals surface area (Å²) < 4.78 is 0. The summed E-state index contributed by atoms with van der Waals surface area (Å²) in [5.74, 6) is 0.0307. The SMILES string of the molecule is CN(Cc1ccc(N2CCCCC2)cc1)C(=O)NCCC(=O)NC1CCCC1. The molecule has 3 rings (SSSR count). The molecule has 3 amide bonds. The van der Waals surface area contributed by atoms with Crippen LogP contribution in [0.3, 0.4) is 0 Å². The molecular formula is C22H34N4O2. The lowest BCUT2D eigenvalue weighted by Gasteiger charge is -2.29. The third-order valence-electron chi connectivity index (χ3n) is 5.77. The van der Waals surface area contributed by atoms with E-state index in [0.29, 0.717) is 25.6 Å². The second-order valence-electron chi connectivity index (χ2n) is 8.10. The van der Waals surface area contributed by atoms with Crippen molar-refractivity contribution in [1.82, 2.24) is 15.5 Å². The highest BCUT2D eigenvalue weighted by Gasteiger charge is 2.17. The van der Waals surface area contributed by atoms with Crippen molar-refractivity contribution in [1.29, 1.82) is 0 Å². The largest absolute Gasteiger partial charge is 0.372 e. The van der Waals surface area contributed by atoms with Crippen LogP contribution in [-0.4, -0.2) is 49.6 Å². The summed E-state index contributed by atoms with van der Waals surface area (Å²) in [6, 6.07) is 8.69. The van der Waals surface area contributed by atoms with Gasteiger partial charge in [-0.3, -0.25) is 4.79 Å². The molecule has 1 saturated carbocycles. The Labute approximate surface area is 168 Å². The fourth-order valence-corrected chi connectivity index (χ4v) is 4.10. The molecule has 1 heterocycles. The summed E-state index contributed by atoms with van der Waals surface area (Å²) >= 11 is 0. The highest BCUT2D eigenvalue weighted by molar-refractivity contribution is 5.78. The molecule has 2 N–H and O–H groups in total. The molecule has 0 radical (unpaired) electrons. The van der Waals surface area contributed by atoms with Gasteiger partial charge in [0.25, 0.3) is 0 Å². The van der Waals surface area contributed by atoms with E-state index in [2.05, 4.69) is 39.8 Å². The summed E-state index contributed by atoms with van der Waals surface area (Å²) in [6.45, 7) is 3.20. The van der Waals surface area contributed by atoms with Gasteiger partial charge in [-0.05, 0) is 49.8 Å². The molecule has 2 fully saturated rings. The van der Waals surface area contributed by atoms with Crippen molar-refractivity contribution in [2.45, 2.75) is 64.0 Å². The van der Waals surface area contributed by atoms with E-state index >= 15 is 0 Å². The van der Waals surface area contributed by atoms with E-state index in [-0.39, 0.29) is 11.9 Å². The minimum Gasteiger partial charge on any atom is -0.372 e. The van der Waals surface area contributed by atoms with Crippen LogP contribution in [0, 0.1) is 0 Å². The quantitative estimate of drug-likeness (QED) is 0.756. The molecule has 0 aromatic heterocycles. The monoisotopic (exact) mass is 386 g/mol. The van der Waals surface area contributed by atoms with Gasteiger partial charge in [0.1, 0.15) is 0 Å². The molecule has 2 aliphatic rings. The first-order valence-electron chi connectivity index (χ1n) is 10.7. The first-order valence-corrected chi connectivity index (χ1v) is 10.7. The van der Waals surface area contributed by atoms with Crippen LogP contribution < -0.4 is 15.5 Å². The van der Waals surface area contributed by atoms with Crippen molar-refractivity contribution >= 4 is 17.6 Å². The number of carbonyl (C=O) groups is 2. The lowest BCUT2D eigenvalue weighted by Crippen LogP contribution is -2.40. The van der Waals surface area contributed by atoms with Gasteiger partial charge in [-0.15, -0.1) is 0 Å².